The third kappa shape index (κ3) is 5.14. The van der Waals surface area contributed by atoms with E-state index in [1.807, 2.05) is 0 Å². The maximum Gasteiger partial charge on any atom is 0.433 e. The van der Waals surface area contributed by atoms with E-state index in [0.717, 1.165) is 6.07 Å². The molecule has 0 bridgehead atoms. The third-order valence-electron chi connectivity index (χ3n) is 4.07. The second kappa shape index (κ2) is 8.37. The zero-order chi connectivity index (χ0) is 20.3. The number of nitrogens with one attached hydrogen (secondary N) is 1. The summed E-state index contributed by atoms with van der Waals surface area (Å²) in [6.45, 7) is 0.860. The molecular weight excluding hydrogens is 402 g/mol. The highest BCUT2D eigenvalue weighted by Crippen LogP contribution is 2.31. The number of nitrogens with zero attached hydrogens (tertiary/aromatic N) is 4. The largest absolute Gasteiger partial charge is 0.760 e. The standard InChI is InChI=1S/C16H17F4N5O2S/c17-11-2-4-12(5-3-11)21-14-10-13(16(18,19)20)22-15(23-14)24-6-1-7-25(9-8-24)28(26)27/h2-5,10H,1,6-9H2,(H,26,27)(H,21,22,23)/p-1. The van der Waals surface area contributed by atoms with Crippen LogP contribution in [0.4, 0.5) is 35.0 Å². The predicted octanol–water partition coefficient (Wildman–Crippen LogP) is 2.68. The zero-order valence-electron chi connectivity index (χ0n) is 14.4. The van der Waals surface area contributed by atoms with E-state index in [4.69, 9.17) is 0 Å². The van der Waals surface area contributed by atoms with Gasteiger partial charge in [0.15, 0.2) is 5.69 Å². The maximum atomic E-state index is 13.3. The minimum absolute atomic E-state index is 0.0996. The molecule has 0 saturated carbocycles. The Morgan fingerprint density at radius 3 is 2.43 bits per heavy atom. The first kappa shape index (κ1) is 20.4. The number of rotatable bonds is 4. The zero-order valence-corrected chi connectivity index (χ0v) is 15.3. The summed E-state index contributed by atoms with van der Waals surface area (Å²) in [4.78, 5) is 9.26. The molecule has 1 saturated heterocycles. The first-order valence-electron chi connectivity index (χ1n) is 8.30. The van der Waals surface area contributed by atoms with Crippen LogP contribution in [0, 0.1) is 5.82 Å². The van der Waals surface area contributed by atoms with Gasteiger partial charge in [-0.3, -0.25) is 4.21 Å². The second-order valence-electron chi connectivity index (χ2n) is 6.05. The Bertz CT molecular complexity index is 850. The summed E-state index contributed by atoms with van der Waals surface area (Å²) in [5.74, 6) is -0.731. The lowest BCUT2D eigenvalue weighted by Crippen LogP contribution is -2.33. The number of hydrogen-bond acceptors (Lipinski definition) is 6. The minimum Gasteiger partial charge on any atom is -0.760 e. The lowest BCUT2D eigenvalue weighted by atomic mass is 10.3. The van der Waals surface area contributed by atoms with Gasteiger partial charge in [-0.1, -0.05) is 0 Å². The minimum atomic E-state index is -4.69. The van der Waals surface area contributed by atoms with E-state index < -0.39 is 29.0 Å². The van der Waals surface area contributed by atoms with Gasteiger partial charge in [0.1, 0.15) is 11.6 Å². The molecule has 1 unspecified atom stereocenters. The highest BCUT2D eigenvalue weighted by Gasteiger charge is 2.34. The summed E-state index contributed by atoms with van der Waals surface area (Å²) in [5.41, 5.74) is -0.765. The van der Waals surface area contributed by atoms with Crippen molar-refractivity contribution in [3.63, 3.8) is 0 Å². The molecule has 1 atom stereocenters. The van der Waals surface area contributed by atoms with Crippen molar-refractivity contribution >= 4 is 28.7 Å². The fraction of sp³-hybridized carbons (Fsp3) is 0.375. The van der Waals surface area contributed by atoms with Gasteiger partial charge < -0.3 is 14.8 Å². The van der Waals surface area contributed by atoms with E-state index in [9.17, 15) is 26.3 Å². The van der Waals surface area contributed by atoms with Crippen LogP contribution in [0.5, 0.6) is 0 Å². The van der Waals surface area contributed by atoms with E-state index in [1.165, 1.54) is 33.5 Å². The molecule has 152 valence electrons. The number of halogens is 4. The van der Waals surface area contributed by atoms with Gasteiger partial charge in [-0.15, -0.1) is 0 Å². The van der Waals surface area contributed by atoms with E-state index >= 15 is 0 Å². The molecular formula is C16H16F4N5O2S-. The highest BCUT2D eigenvalue weighted by molar-refractivity contribution is 7.76. The normalized spacial score (nSPS) is 17.2. The van der Waals surface area contributed by atoms with Gasteiger partial charge in [-0.05, 0) is 30.7 Å². The van der Waals surface area contributed by atoms with Crippen LogP contribution in [0.1, 0.15) is 12.1 Å². The Kier molecular flexibility index (Phi) is 6.10. The molecule has 0 aliphatic carbocycles. The fourth-order valence-electron chi connectivity index (χ4n) is 2.71. The van der Waals surface area contributed by atoms with E-state index in [2.05, 4.69) is 15.3 Å². The molecule has 2 aromatic rings. The van der Waals surface area contributed by atoms with Crippen molar-refractivity contribution in [2.45, 2.75) is 12.6 Å². The van der Waals surface area contributed by atoms with Crippen LogP contribution in [0.25, 0.3) is 0 Å². The van der Waals surface area contributed by atoms with Crippen molar-refractivity contribution in [1.82, 2.24) is 14.3 Å². The molecule has 1 aliphatic rings. The van der Waals surface area contributed by atoms with Gasteiger partial charge in [-0.25, -0.2) is 13.7 Å². The van der Waals surface area contributed by atoms with Crippen molar-refractivity contribution in [2.75, 3.05) is 36.4 Å². The quantitative estimate of drug-likeness (QED) is 0.607. The van der Waals surface area contributed by atoms with E-state index in [0.29, 0.717) is 18.7 Å². The summed E-state index contributed by atoms with van der Waals surface area (Å²) in [7, 11) is 0. The molecule has 1 N–H and O–H groups in total. The molecule has 2 heterocycles. The van der Waals surface area contributed by atoms with Crippen molar-refractivity contribution in [3.8, 4) is 0 Å². The highest BCUT2D eigenvalue weighted by atomic mass is 32.2. The molecule has 0 spiro atoms. The lowest BCUT2D eigenvalue weighted by molar-refractivity contribution is -0.141. The molecule has 12 heteroatoms. The molecule has 3 rings (SSSR count). The number of hydrogen-bond donors (Lipinski definition) is 1. The Hall–Kier alpha value is -2.31. The van der Waals surface area contributed by atoms with Crippen LogP contribution in [0.15, 0.2) is 30.3 Å². The van der Waals surface area contributed by atoms with E-state index in [1.54, 1.807) is 0 Å². The van der Waals surface area contributed by atoms with Crippen LogP contribution in [0.2, 0.25) is 0 Å². The Morgan fingerprint density at radius 1 is 1.07 bits per heavy atom. The number of aromatic nitrogens is 2. The summed E-state index contributed by atoms with van der Waals surface area (Å²) in [6.07, 6.45) is -4.26. The summed E-state index contributed by atoms with van der Waals surface area (Å²) >= 11 is -2.39. The Labute approximate surface area is 160 Å². The molecule has 1 fully saturated rings. The fourth-order valence-corrected chi connectivity index (χ4v) is 3.22. The van der Waals surface area contributed by atoms with Gasteiger partial charge in [0.25, 0.3) is 0 Å². The average Bonchev–Trinajstić information content (AvgIpc) is 2.89. The average molecular weight is 418 g/mol. The van der Waals surface area contributed by atoms with Crippen LogP contribution in [-0.4, -0.2) is 49.2 Å². The van der Waals surface area contributed by atoms with Crippen molar-refractivity contribution in [2.24, 2.45) is 0 Å². The second-order valence-corrected chi connectivity index (χ2v) is 7.01. The smallest absolute Gasteiger partial charge is 0.433 e. The van der Waals surface area contributed by atoms with Crippen LogP contribution < -0.4 is 10.2 Å². The Balaban J connectivity index is 1.89. The number of anilines is 3. The molecule has 7 nitrogen and oxygen atoms in total. The van der Waals surface area contributed by atoms with Gasteiger partial charge in [-0.2, -0.15) is 18.2 Å². The van der Waals surface area contributed by atoms with Crippen LogP contribution in [-0.2, 0) is 17.4 Å². The van der Waals surface area contributed by atoms with Crippen molar-refractivity contribution in [3.05, 3.63) is 41.8 Å². The summed E-state index contributed by atoms with van der Waals surface area (Å²) in [5, 5.41) is 2.71. The molecule has 1 aromatic carbocycles. The Morgan fingerprint density at radius 2 is 1.79 bits per heavy atom. The molecule has 0 amide bonds. The molecule has 0 radical (unpaired) electrons. The first-order valence-corrected chi connectivity index (χ1v) is 9.34. The van der Waals surface area contributed by atoms with Crippen molar-refractivity contribution < 1.29 is 26.3 Å². The number of benzene rings is 1. The van der Waals surface area contributed by atoms with Gasteiger partial charge in [0, 0.05) is 49.2 Å². The van der Waals surface area contributed by atoms with Crippen LogP contribution >= 0.6 is 0 Å². The SMILES string of the molecule is O=S([O-])N1CCCN(c2nc(Nc3ccc(F)cc3)cc(C(F)(F)F)n2)CC1. The first-order chi connectivity index (χ1) is 13.2. The summed E-state index contributed by atoms with van der Waals surface area (Å²) in [6, 6.07) is 5.85. The predicted molar refractivity (Wildman–Crippen MR) is 94.0 cm³/mol. The van der Waals surface area contributed by atoms with Crippen molar-refractivity contribution in [1.29, 1.82) is 0 Å². The lowest BCUT2D eigenvalue weighted by Gasteiger charge is -2.23. The van der Waals surface area contributed by atoms with Gasteiger partial charge in [0.2, 0.25) is 5.95 Å². The van der Waals surface area contributed by atoms with E-state index in [-0.39, 0.29) is 31.4 Å². The molecule has 28 heavy (non-hydrogen) atoms. The topological polar surface area (TPSA) is 84.4 Å². The maximum absolute atomic E-state index is 13.3. The number of alkyl halides is 3. The summed E-state index contributed by atoms with van der Waals surface area (Å²) < 4.78 is 76.3. The third-order valence-corrected chi connectivity index (χ3v) is 4.86. The molecule has 1 aromatic heterocycles. The van der Waals surface area contributed by atoms with Gasteiger partial charge >= 0.3 is 6.18 Å². The van der Waals surface area contributed by atoms with Gasteiger partial charge in [0.05, 0.1) is 0 Å². The monoisotopic (exact) mass is 418 g/mol. The molecule has 1 aliphatic heterocycles. The van der Waals surface area contributed by atoms with Crippen LogP contribution in [0.3, 0.4) is 0 Å².